The summed E-state index contributed by atoms with van der Waals surface area (Å²) in [6.07, 6.45) is 5.53. The van der Waals surface area contributed by atoms with E-state index in [1.54, 1.807) is 23.9 Å². The number of nitrogens with zero attached hydrogens (tertiary/aromatic N) is 2. The Labute approximate surface area is 123 Å². The molecule has 6 nitrogen and oxygen atoms in total. The largest absolute Gasteiger partial charge is 0.478 e. The second kappa shape index (κ2) is 5.89. The Hall–Kier alpha value is -2.12. The van der Waals surface area contributed by atoms with Crippen molar-refractivity contribution in [2.45, 2.75) is 0 Å². The monoisotopic (exact) mass is 311 g/mol. The van der Waals surface area contributed by atoms with E-state index in [1.807, 2.05) is 0 Å². The molecule has 0 saturated heterocycles. The lowest BCUT2D eigenvalue weighted by atomic mass is 10.4. The third-order valence-electron chi connectivity index (χ3n) is 2.34. The van der Waals surface area contributed by atoms with E-state index in [0.29, 0.717) is 20.7 Å². The van der Waals surface area contributed by atoms with Crippen LogP contribution in [0.15, 0.2) is 24.5 Å². The number of thiazole rings is 1. The van der Waals surface area contributed by atoms with Crippen LogP contribution in [0.4, 0.5) is 5.13 Å². The summed E-state index contributed by atoms with van der Waals surface area (Å²) in [4.78, 5) is 27.0. The van der Waals surface area contributed by atoms with Crippen LogP contribution in [-0.4, -0.2) is 26.5 Å². The average molecular weight is 312 g/mol. The van der Waals surface area contributed by atoms with Gasteiger partial charge in [-0.05, 0) is 12.1 Å². The first-order valence-electron chi connectivity index (χ1n) is 5.46. The Morgan fingerprint density at radius 2 is 2.30 bits per heavy atom. The van der Waals surface area contributed by atoms with Gasteiger partial charge in [0.2, 0.25) is 0 Å². The third kappa shape index (κ3) is 3.46. The van der Waals surface area contributed by atoms with Crippen LogP contribution in [0.1, 0.15) is 15.4 Å². The molecular formula is C12H10ClN3O3S. The van der Waals surface area contributed by atoms with Crippen molar-refractivity contribution < 1.29 is 14.7 Å². The van der Waals surface area contributed by atoms with Gasteiger partial charge < -0.3 is 9.67 Å². The molecule has 0 fully saturated rings. The standard InChI is InChI=1S/C12H10ClN3O3S/c1-16-6-7(13)4-9(16)11(19)15-12-14-5-8(20-12)2-3-10(17)18/h2-6H,1H3,(H,17,18)(H,14,15,19). The predicted octanol–water partition coefficient (Wildman–Crippen LogP) is 2.49. The number of carbonyl (C=O) groups excluding carboxylic acids is 1. The Morgan fingerprint density at radius 1 is 1.55 bits per heavy atom. The van der Waals surface area contributed by atoms with Gasteiger partial charge in [0, 0.05) is 30.4 Å². The Kier molecular flexibility index (Phi) is 4.21. The summed E-state index contributed by atoms with van der Waals surface area (Å²) in [5, 5.41) is 12.0. The molecule has 2 N–H and O–H groups in total. The lowest BCUT2D eigenvalue weighted by molar-refractivity contribution is -0.131. The zero-order valence-electron chi connectivity index (χ0n) is 10.3. The molecule has 0 spiro atoms. The van der Waals surface area contributed by atoms with Gasteiger partial charge in [-0.25, -0.2) is 9.78 Å². The SMILES string of the molecule is Cn1cc(Cl)cc1C(=O)Nc1ncc(C=CC(=O)O)s1. The molecule has 0 radical (unpaired) electrons. The normalized spacial score (nSPS) is 10.9. The number of aromatic nitrogens is 2. The molecule has 0 atom stereocenters. The molecule has 0 aliphatic rings. The van der Waals surface area contributed by atoms with Crippen molar-refractivity contribution in [3.63, 3.8) is 0 Å². The first-order chi connectivity index (χ1) is 9.45. The quantitative estimate of drug-likeness (QED) is 0.850. The summed E-state index contributed by atoms with van der Waals surface area (Å²) >= 11 is 6.98. The molecule has 0 unspecified atom stereocenters. The number of halogens is 1. The minimum Gasteiger partial charge on any atom is -0.478 e. The molecule has 0 saturated carbocycles. The van der Waals surface area contributed by atoms with Crippen molar-refractivity contribution in [2.75, 3.05) is 5.32 Å². The van der Waals surface area contributed by atoms with E-state index in [9.17, 15) is 9.59 Å². The first kappa shape index (κ1) is 14.3. The van der Waals surface area contributed by atoms with E-state index in [4.69, 9.17) is 16.7 Å². The van der Waals surface area contributed by atoms with Gasteiger partial charge in [0.25, 0.3) is 5.91 Å². The van der Waals surface area contributed by atoms with E-state index in [1.165, 1.54) is 23.6 Å². The fourth-order valence-corrected chi connectivity index (χ4v) is 2.45. The van der Waals surface area contributed by atoms with Gasteiger partial charge in [-0.2, -0.15) is 0 Å². The average Bonchev–Trinajstić information content (AvgIpc) is 2.93. The number of carbonyl (C=O) groups is 2. The van der Waals surface area contributed by atoms with Crippen LogP contribution in [0.5, 0.6) is 0 Å². The molecule has 0 aromatic carbocycles. The summed E-state index contributed by atoms with van der Waals surface area (Å²) in [5.74, 6) is -1.37. The number of anilines is 1. The number of rotatable bonds is 4. The zero-order valence-corrected chi connectivity index (χ0v) is 11.9. The van der Waals surface area contributed by atoms with Crippen molar-refractivity contribution in [1.82, 2.24) is 9.55 Å². The maximum Gasteiger partial charge on any atom is 0.328 e. The van der Waals surface area contributed by atoms with E-state index in [-0.39, 0.29) is 5.91 Å². The van der Waals surface area contributed by atoms with E-state index < -0.39 is 5.97 Å². The highest BCUT2D eigenvalue weighted by atomic mass is 35.5. The molecule has 2 rings (SSSR count). The van der Waals surface area contributed by atoms with Gasteiger partial charge in [0.1, 0.15) is 5.69 Å². The van der Waals surface area contributed by atoms with Gasteiger partial charge in [-0.1, -0.05) is 22.9 Å². The number of nitrogens with one attached hydrogen (secondary N) is 1. The maximum atomic E-state index is 12.0. The van der Waals surface area contributed by atoms with Crippen molar-refractivity contribution in [1.29, 1.82) is 0 Å². The molecule has 2 heterocycles. The highest BCUT2D eigenvalue weighted by molar-refractivity contribution is 7.16. The second-order valence-electron chi connectivity index (χ2n) is 3.85. The third-order valence-corrected chi connectivity index (χ3v) is 3.42. The number of hydrogen-bond acceptors (Lipinski definition) is 4. The van der Waals surface area contributed by atoms with Crippen molar-refractivity contribution in [3.05, 3.63) is 40.1 Å². The smallest absolute Gasteiger partial charge is 0.328 e. The Morgan fingerprint density at radius 3 is 2.90 bits per heavy atom. The lowest BCUT2D eigenvalue weighted by Gasteiger charge is -2.02. The van der Waals surface area contributed by atoms with Crippen LogP contribution in [0.2, 0.25) is 5.02 Å². The minimum absolute atomic E-state index is 0.331. The number of aryl methyl sites for hydroxylation is 1. The molecular weight excluding hydrogens is 302 g/mol. The summed E-state index contributed by atoms with van der Waals surface area (Å²) in [7, 11) is 1.71. The number of carboxylic acid groups (broad SMARTS) is 1. The van der Waals surface area contributed by atoms with Gasteiger partial charge in [0.15, 0.2) is 5.13 Å². The Balaban J connectivity index is 2.09. The Bertz CT molecular complexity index is 690. The van der Waals surface area contributed by atoms with E-state index in [0.717, 1.165) is 6.08 Å². The number of hydrogen-bond donors (Lipinski definition) is 2. The van der Waals surface area contributed by atoms with Gasteiger partial charge >= 0.3 is 5.97 Å². The van der Waals surface area contributed by atoms with Crippen LogP contribution in [0, 0.1) is 0 Å². The zero-order chi connectivity index (χ0) is 14.7. The van der Waals surface area contributed by atoms with Crippen molar-refractivity contribution in [3.8, 4) is 0 Å². The fraction of sp³-hybridized carbons (Fsp3) is 0.0833. The van der Waals surface area contributed by atoms with Crippen LogP contribution in [-0.2, 0) is 11.8 Å². The number of carboxylic acids is 1. The molecule has 104 valence electrons. The topological polar surface area (TPSA) is 84.2 Å². The minimum atomic E-state index is -1.04. The fourth-order valence-electron chi connectivity index (χ4n) is 1.49. The maximum absolute atomic E-state index is 12.0. The molecule has 0 aliphatic heterocycles. The van der Waals surface area contributed by atoms with Crippen LogP contribution < -0.4 is 5.32 Å². The van der Waals surface area contributed by atoms with Crippen LogP contribution in [0.25, 0.3) is 6.08 Å². The summed E-state index contributed by atoms with van der Waals surface area (Å²) < 4.78 is 1.61. The highest BCUT2D eigenvalue weighted by Gasteiger charge is 2.13. The molecule has 0 aliphatic carbocycles. The van der Waals surface area contributed by atoms with Crippen LogP contribution >= 0.6 is 22.9 Å². The lowest BCUT2D eigenvalue weighted by Crippen LogP contribution is -2.14. The molecule has 8 heteroatoms. The number of amides is 1. The summed E-state index contributed by atoms with van der Waals surface area (Å²) in [6, 6.07) is 1.55. The summed E-state index contributed by atoms with van der Waals surface area (Å²) in [5.41, 5.74) is 0.410. The molecule has 2 aromatic rings. The van der Waals surface area contributed by atoms with Gasteiger partial charge in [0.05, 0.1) is 5.02 Å². The predicted molar refractivity (Wildman–Crippen MR) is 77.2 cm³/mol. The van der Waals surface area contributed by atoms with Crippen molar-refractivity contribution in [2.24, 2.45) is 7.05 Å². The van der Waals surface area contributed by atoms with Gasteiger partial charge in [-0.3, -0.25) is 10.1 Å². The molecule has 20 heavy (non-hydrogen) atoms. The number of aliphatic carboxylic acids is 1. The highest BCUT2D eigenvalue weighted by Crippen LogP contribution is 2.21. The van der Waals surface area contributed by atoms with Crippen LogP contribution in [0.3, 0.4) is 0 Å². The molecule has 2 aromatic heterocycles. The first-order valence-corrected chi connectivity index (χ1v) is 6.65. The second-order valence-corrected chi connectivity index (χ2v) is 5.35. The van der Waals surface area contributed by atoms with Gasteiger partial charge in [-0.15, -0.1) is 0 Å². The molecule has 0 bridgehead atoms. The van der Waals surface area contributed by atoms with E-state index >= 15 is 0 Å². The van der Waals surface area contributed by atoms with Crippen molar-refractivity contribution >= 4 is 46.0 Å². The summed E-state index contributed by atoms with van der Waals surface area (Å²) in [6.45, 7) is 0. The van der Waals surface area contributed by atoms with E-state index in [2.05, 4.69) is 10.3 Å². The molecule has 1 amide bonds.